The standard InChI is InChI=1S/C12H8BrClIN3O2/c13-7-4-10(16-5-7)12(20)18-17-11(19)6-1-2-8(14)9(15)3-6/h1-5,16H,(H,17,19)(H,18,20). The van der Waals surface area contributed by atoms with Crippen molar-refractivity contribution in [2.45, 2.75) is 0 Å². The first-order chi connectivity index (χ1) is 9.47. The lowest BCUT2D eigenvalue weighted by molar-refractivity contribution is 0.0844. The maximum absolute atomic E-state index is 11.9. The molecule has 0 atom stereocenters. The Bertz CT molecular complexity index is 674. The Balaban J connectivity index is 1.98. The van der Waals surface area contributed by atoms with Crippen LogP contribution in [0, 0.1) is 3.57 Å². The van der Waals surface area contributed by atoms with E-state index in [1.165, 1.54) is 0 Å². The summed E-state index contributed by atoms with van der Waals surface area (Å²) in [5.41, 5.74) is 5.40. The van der Waals surface area contributed by atoms with E-state index in [0.717, 1.165) is 8.04 Å². The molecule has 0 bridgehead atoms. The number of hydrazine groups is 1. The predicted molar refractivity (Wildman–Crippen MR) is 87.6 cm³/mol. The minimum Gasteiger partial charge on any atom is -0.356 e. The molecule has 2 aromatic rings. The molecular formula is C12H8BrClIN3O2. The fourth-order valence-corrected chi connectivity index (χ4v) is 2.37. The van der Waals surface area contributed by atoms with Gasteiger partial charge in [0.05, 0.1) is 5.02 Å². The third-order valence-electron chi connectivity index (χ3n) is 2.36. The van der Waals surface area contributed by atoms with Crippen molar-refractivity contribution in [3.63, 3.8) is 0 Å². The Labute approximate surface area is 141 Å². The fraction of sp³-hybridized carbons (Fsp3) is 0. The molecule has 1 aromatic carbocycles. The molecule has 0 aliphatic carbocycles. The van der Waals surface area contributed by atoms with Gasteiger partial charge in [0.15, 0.2) is 0 Å². The van der Waals surface area contributed by atoms with Gasteiger partial charge < -0.3 is 4.98 Å². The van der Waals surface area contributed by atoms with Crippen molar-refractivity contribution >= 4 is 61.9 Å². The molecule has 2 rings (SSSR count). The Morgan fingerprint density at radius 3 is 2.50 bits per heavy atom. The van der Waals surface area contributed by atoms with E-state index in [2.05, 4.69) is 31.8 Å². The molecule has 8 heteroatoms. The maximum atomic E-state index is 11.9. The number of aromatic amines is 1. The molecule has 3 N–H and O–H groups in total. The van der Waals surface area contributed by atoms with Crippen LogP contribution in [0.3, 0.4) is 0 Å². The highest BCUT2D eigenvalue weighted by Crippen LogP contribution is 2.19. The minimum absolute atomic E-state index is 0.336. The van der Waals surface area contributed by atoms with Crippen molar-refractivity contribution in [1.82, 2.24) is 15.8 Å². The van der Waals surface area contributed by atoms with Crippen LogP contribution >= 0.6 is 50.1 Å². The van der Waals surface area contributed by atoms with Gasteiger partial charge in [0.2, 0.25) is 0 Å². The van der Waals surface area contributed by atoms with Crippen LogP contribution in [0.2, 0.25) is 5.02 Å². The van der Waals surface area contributed by atoms with Gasteiger partial charge in [-0.2, -0.15) is 0 Å². The molecule has 0 aliphatic rings. The highest BCUT2D eigenvalue weighted by Gasteiger charge is 2.11. The Hall–Kier alpha value is -1.06. The topological polar surface area (TPSA) is 74.0 Å². The van der Waals surface area contributed by atoms with Crippen LogP contribution in [-0.2, 0) is 0 Å². The predicted octanol–water partition coefficient (Wildman–Crippen LogP) is 3.11. The van der Waals surface area contributed by atoms with Gasteiger partial charge in [0, 0.05) is 19.8 Å². The summed E-state index contributed by atoms with van der Waals surface area (Å²) in [5.74, 6) is -0.855. The van der Waals surface area contributed by atoms with E-state index in [9.17, 15) is 9.59 Å². The smallest absolute Gasteiger partial charge is 0.286 e. The van der Waals surface area contributed by atoms with Crippen LogP contribution in [0.25, 0.3) is 0 Å². The Kier molecular flexibility index (Phi) is 5.06. The van der Waals surface area contributed by atoms with E-state index in [1.807, 2.05) is 22.6 Å². The average Bonchev–Trinajstić information content (AvgIpc) is 2.85. The lowest BCUT2D eigenvalue weighted by Gasteiger charge is -2.07. The van der Waals surface area contributed by atoms with Gasteiger partial charge in [-0.15, -0.1) is 0 Å². The largest absolute Gasteiger partial charge is 0.356 e. The lowest BCUT2D eigenvalue weighted by atomic mass is 10.2. The van der Waals surface area contributed by atoms with Gasteiger partial charge in [0.25, 0.3) is 11.8 Å². The zero-order chi connectivity index (χ0) is 14.7. The Morgan fingerprint density at radius 1 is 1.20 bits per heavy atom. The van der Waals surface area contributed by atoms with E-state index in [4.69, 9.17) is 11.6 Å². The highest BCUT2D eigenvalue weighted by molar-refractivity contribution is 14.1. The van der Waals surface area contributed by atoms with Crippen LogP contribution in [-0.4, -0.2) is 16.8 Å². The summed E-state index contributed by atoms with van der Waals surface area (Å²) in [5, 5.41) is 0.572. The van der Waals surface area contributed by atoms with E-state index in [-0.39, 0.29) is 0 Å². The van der Waals surface area contributed by atoms with Crippen molar-refractivity contribution in [2.24, 2.45) is 0 Å². The number of hydrogen-bond donors (Lipinski definition) is 3. The summed E-state index contributed by atoms with van der Waals surface area (Å²) < 4.78 is 1.51. The van der Waals surface area contributed by atoms with Gasteiger partial charge in [-0.25, -0.2) is 0 Å². The lowest BCUT2D eigenvalue weighted by Crippen LogP contribution is -2.41. The number of rotatable bonds is 2. The number of halogens is 3. The van der Waals surface area contributed by atoms with Crippen molar-refractivity contribution in [3.05, 3.63) is 54.8 Å². The molecule has 0 aliphatic heterocycles. The summed E-state index contributed by atoms with van der Waals surface area (Å²) in [6.45, 7) is 0. The molecule has 2 amide bonds. The van der Waals surface area contributed by atoms with E-state index in [1.54, 1.807) is 30.5 Å². The van der Waals surface area contributed by atoms with Gasteiger partial charge in [-0.1, -0.05) is 11.6 Å². The van der Waals surface area contributed by atoms with Crippen LogP contribution in [0.5, 0.6) is 0 Å². The molecule has 0 saturated heterocycles. The second-order valence-electron chi connectivity index (χ2n) is 3.77. The maximum Gasteiger partial charge on any atom is 0.286 e. The second-order valence-corrected chi connectivity index (χ2v) is 6.25. The van der Waals surface area contributed by atoms with E-state index >= 15 is 0 Å². The third-order valence-corrected chi connectivity index (χ3v) is 4.36. The quantitative estimate of drug-likeness (QED) is 0.468. The number of H-pyrrole nitrogens is 1. The summed E-state index contributed by atoms with van der Waals surface area (Å²) >= 11 is 11.1. The van der Waals surface area contributed by atoms with Crippen LogP contribution < -0.4 is 10.9 Å². The number of aromatic nitrogens is 1. The van der Waals surface area contributed by atoms with Crippen LogP contribution in [0.15, 0.2) is 34.9 Å². The first-order valence-electron chi connectivity index (χ1n) is 5.37. The van der Waals surface area contributed by atoms with Gasteiger partial charge in [-0.3, -0.25) is 20.4 Å². The van der Waals surface area contributed by atoms with Gasteiger partial charge in [-0.05, 0) is 62.8 Å². The molecule has 0 saturated carbocycles. The van der Waals surface area contributed by atoms with Crippen LogP contribution in [0.4, 0.5) is 0 Å². The highest BCUT2D eigenvalue weighted by atomic mass is 127. The average molecular weight is 468 g/mol. The minimum atomic E-state index is -0.437. The fourth-order valence-electron chi connectivity index (χ4n) is 1.39. The number of carbonyl (C=O) groups is 2. The molecule has 104 valence electrons. The number of benzene rings is 1. The zero-order valence-electron chi connectivity index (χ0n) is 9.84. The van der Waals surface area contributed by atoms with Crippen molar-refractivity contribution in [1.29, 1.82) is 0 Å². The summed E-state index contributed by atoms with van der Waals surface area (Å²) in [4.78, 5) is 26.3. The van der Waals surface area contributed by atoms with Crippen LogP contribution in [0.1, 0.15) is 20.8 Å². The summed E-state index contributed by atoms with van der Waals surface area (Å²) in [7, 11) is 0. The SMILES string of the molecule is O=C(NNC(=O)c1cc(Br)c[nH]1)c1ccc(Cl)c(I)c1. The second kappa shape index (κ2) is 6.59. The molecule has 20 heavy (non-hydrogen) atoms. The number of nitrogens with one attached hydrogen (secondary N) is 3. The normalized spacial score (nSPS) is 10.2. The monoisotopic (exact) mass is 467 g/mol. The number of hydrogen-bond acceptors (Lipinski definition) is 2. The first-order valence-corrected chi connectivity index (χ1v) is 7.62. The molecule has 0 spiro atoms. The molecule has 0 fully saturated rings. The van der Waals surface area contributed by atoms with Gasteiger partial charge in [0.1, 0.15) is 5.69 Å². The van der Waals surface area contributed by atoms with Crippen molar-refractivity contribution in [3.8, 4) is 0 Å². The molecule has 1 aromatic heterocycles. The third kappa shape index (κ3) is 3.74. The molecule has 1 heterocycles. The molecule has 0 unspecified atom stereocenters. The number of carbonyl (C=O) groups excluding carboxylic acids is 2. The van der Waals surface area contributed by atoms with Gasteiger partial charge >= 0.3 is 0 Å². The molecular weight excluding hydrogens is 460 g/mol. The first kappa shape index (κ1) is 15.3. The van der Waals surface area contributed by atoms with Crippen molar-refractivity contribution in [2.75, 3.05) is 0 Å². The Morgan fingerprint density at radius 2 is 1.90 bits per heavy atom. The summed E-state index contributed by atoms with van der Waals surface area (Å²) in [6, 6.07) is 6.45. The van der Waals surface area contributed by atoms with E-state index in [0.29, 0.717) is 16.3 Å². The molecule has 0 radical (unpaired) electrons. The van der Waals surface area contributed by atoms with Crippen molar-refractivity contribution < 1.29 is 9.59 Å². The van der Waals surface area contributed by atoms with E-state index < -0.39 is 11.8 Å². The number of amides is 2. The molecule has 5 nitrogen and oxygen atoms in total. The zero-order valence-corrected chi connectivity index (χ0v) is 14.3. The summed E-state index contributed by atoms with van der Waals surface area (Å²) in [6.07, 6.45) is 1.62.